The molecule has 0 amide bonds. The Morgan fingerprint density at radius 3 is 2.82 bits per heavy atom. The number of benzene rings is 1. The van der Waals surface area contributed by atoms with Crippen LogP contribution in [0.4, 0.5) is 0 Å². The number of hydrogen-bond donors (Lipinski definition) is 1. The van der Waals surface area contributed by atoms with Crippen LogP contribution in [0.2, 0.25) is 0 Å². The van der Waals surface area contributed by atoms with Crippen molar-refractivity contribution in [2.45, 2.75) is 18.9 Å². The van der Waals surface area contributed by atoms with Crippen LogP contribution in [0.1, 0.15) is 24.4 Å². The molecule has 1 saturated heterocycles. The molecule has 0 bridgehead atoms. The molecule has 3 heteroatoms. The first kappa shape index (κ1) is 11.1. The number of hydrogen-bond acceptors (Lipinski definition) is 3. The summed E-state index contributed by atoms with van der Waals surface area (Å²) in [5, 5.41) is 0. The average molecular weight is 232 g/mol. The smallest absolute Gasteiger partial charge is 0.124 e. The number of rotatable bonds is 2. The summed E-state index contributed by atoms with van der Waals surface area (Å²) in [4.78, 5) is 2.52. The van der Waals surface area contributed by atoms with Crippen LogP contribution in [-0.2, 0) is 0 Å². The lowest BCUT2D eigenvalue weighted by molar-refractivity contribution is 0.151. The minimum absolute atomic E-state index is 0.126. The number of fused-ring (bicyclic) bond motifs is 1. The van der Waals surface area contributed by atoms with Crippen LogP contribution >= 0.6 is 0 Å². The van der Waals surface area contributed by atoms with Crippen molar-refractivity contribution < 1.29 is 4.74 Å². The highest BCUT2D eigenvalue weighted by atomic mass is 16.5. The monoisotopic (exact) mass is 232 g/mol. The molecule has 1 aromatic carbocycles. The van der Waals surface area contributed by atoms with Gasteiger partial charge in [-0.3, -0.25) is 0 Å². The Hall–Kier alpha value is -1.06. The van der Waals surface area contributed by atoms with Gasteiger partial charge in [-0.2, -0.15) is 0 Å². The molecule has 0 aromatic heterocycles. The third-order valence-electron chi connectivity index (χ3n) is 3.93. The molecular weight excluding hydrogens is 212 g/mol. The number of nitrogens with zero attached hydrogens (tertiary/aromatic N) is 1. The Balaban J connectivity index is 1.72. The van der Waals surface area contributed by atoms with Crippen LogP contribution < -0.4 is 10.5 Å². The fourth-order valence-corrected chi connectivity index (χ4v) is 2.90. The van der Waals surface area contributed by atoms with Crippen molar-refractivity contribution in [1.29, 1.82) is 0 Å². The standard InChI is InChI=1S/C14H20N2O/c15-14-11(9-16-7-3-4-8-16)10-17-13-6-2-1-5-12(13)14/h1-2,5-6,11,14H,3-4,7-10,15H2. The molecule has 0 aliphatic carbocycles. The van der Waals surface area contributed by atoms with Crippen molar-refractivity contribution in [3.05, 3.63) is 29.8 Å². The molecule has 17 heavy (non-hydrogen) atoms. The molecule has 2 atom stereocenters. The van der Waals surface area contributed by atoms with Crippen LogP contribution in [0, 0.1) is 5.92 Å². The highest BCUT2D eigenvalue weighted by molar-refractivity contribution is 5.37. The maximum Gasteiger partial charge on any atom is 0.124 e. The summed E-state index contributed by atoms with van der Waals surface area (Å²) in [6.45, 7) is 4.29. The van der Waals surface area contributed by atoms with Gasteiger partial charge < -0.3 is 15.4 Å². The predicted octanol–water partition coefficient (Wildman–Crippen LogP) is 1.79. The van der Waals surface area contributed by atoms with Crippen molar-refractivity contribution >= 4 is 0 Å². The molecular formula is C14H20N2O. The lowest BCUT2D eigenvalue weighted by atomic mass is 9.91. The molecule has 3 rings (SSSR count). The van der Waals surface area contributed by atoms with Gasteiger partial charge >= 0.3 is 0 Å². The van der Waals surface area contributed by atoms with E-state index in [9.17, 15) is 0 Å². The zero-order chi connectivity index (χ0) is 11.7. The first-order valence-electron chi connectivity index (χ1n) is 6.54. The van der Waals surface area contributed by atoms with Gasteiger partial charge in [0, 0.05) is 24.1 Å². The molecule has 3 nitrogen and oxygen atoms in total. The van der Waals surface area contributed by atoms with Gasteiger partial charge in [0.1, 0.15) is 5.75 Å². The van der Waals surface area contributed by atoms with Gasteiger partial charge in [0.05, 0.1) is 6.61 Å². The van der Waals surface area contributed by atoms with E-state index in [-0.39, 0.29) is 6.04 Å². The number of para-hydroxylation sites is 1. The number of ether oxygens (including phenoxy) is 1. The number of likely N-dealkylation sites (tertiary alicyclic amines) is 1. The molecule has 2 heterocycles. The molecule has 2 unspecified atom stereocenters. The highest BCUT2D eigenvalue weighted by Crippen LogP contribution is 2.34. The van der Waals surface area contributed by atoms with Gasteiger partial charge in [-0.15, -0.1) is 0 Å². The summed E-state index contributed by atoms with van der Waals surface area (Å²) in [7, 11) is 0. The minimum atomic E-state index is 0.126. The van der Waals surface area contributed by atoms with Gasteiger partial charge in [-0.25, -0.2) is 0 Å². The van der Waals surface area contributed by atoms with Gasteiger partial charge in [-0.05, 0) is 32.0 Å². The predicted molar refractivity (Wildman–Crippen MR) is 68.0 cm³/mol. The Morgan fingerprint density at radius 2 is 2.00 bits per heavy atom. The SMILES string of the molecule is NC1c2ccccc2OCC1CN1CCCC1. The number of nitrogens with two attached hydrogens (primary N) is 1. The van der Waals surface area contributed by atoms with E-state index in [1.165, 1.54) is 31.5 Å². The van der Waals surface area contributed by atoms with Crippen molar-refractivity contribution in [2.24, 2.45) is 11.7 Å². The minimum Gasteiger partial charge on any atom is -0.493 e. The summed E-state index contributed by atoms with van der Waals surface area (Å²) in [5.41, 5.74) is 7.53. The topological polar surface area (TPSA) is 38.5 Å². The Bertz CT molecular complexity index is 388. The lowest BCUT2D eigenvalue weighted by Gasteiger charge is -2.33. The van der Waals surface area contributed by atoms with Gasteiger partial charge in [-0.1, -0.05) is 18.2 Å². The van der Waals surface area contributed by atoms with E-state index in [1.807, 2.05) is 18.2 Å². The van der Waals surface area contributed by atoms with Gasteiger partial charge in [0.2, 0.25) is 0 Å². The van der Waals surface area contributed by atoms with Crippen LogP contribution in [0.25, 0.3) is 0 Å². The van der Waals surface area contributed by atoms with Crippen molar-refractivity contribution in [1.82, 2.24) is 4.90 Å². The Morgan fingerprint density at radius 1 is 1.24 bits per heavy atom. The molecule has 0 spiro atoms. The molecule has 1 aromatic rings. The van der Waals surface area contributed by atoms with Crippen LogP contribution in [0.5, 0.6) is 5.75 Å². The zero-order valence-electron chi connectivity index (χ0n) is 10.1. The van der Waals surface area contributed by atoms with E-state index in [0.29, 0.717) is 5.92 Å². The fourth-order valence-electron chi connectivity index (χ4n) is 2.90. The van der Waals surface area contributed by atoms with Crippen molar-refractivity contribution in [3.63, 3.8) is 0 Å². The summed E-state index contributed by atoms with van der Waals surface area (Å²) < 4.78 is 5.81. The van der Waals surface area contributed by atoms with Crippen LogP contribution in [0.15, 0.2) is 24.3 Å². The second-order valence-electron chi connectivity index (χ2n) is 5.14. The van der Waals surface area contributed by atoms with E-state index in [4.69, 9.17) is 10.5 Å². The summed E-state index contributed by atoms with van der Waals surface area (Å²) in [5.74, 6) is 1.40. The second-order valence-corrected chi connectivity index (χ2v) is 5.14. The molecule has 92 valence electrons. The van der Waals surface area contributed by atoms with Gasteiger partial charge in [0.25, 0.3) is 0 Å². The molecule has 0 radical (unpaired) electrons. The lowest BCUT2D eigenvalue weighted by Crippen LogP contribution is -2.39. The molecule has 2 aliphatic rings. The molecule has 2 aliphatic heterocycles. The van der Waals surface area contributed by atoms with E-state index in [2.05, 4.69) is 11.0 Å². The quantitative estimate of drug-likeness (QED) is 0.845. The summed E-state index contributed by atoms with van der Waals surface area (Å²) >= 11 is 0. The van der Waals surface area contributed by atoms with E-state index >= 15 is 0 Å². The maximum absolute atomic E-state index is 6.36. The fraction of sp³-hybridized carbons (Fsp3) is 0.571. The van der Waals surface area contributed by atoms with E-state index < -0.39 is 0 Å². The summed E-state index contributed by atoms with van der Waals surface area (Å²) in [6, 6.07) is 8.28. The Labute approximate surface area is 103 Å². The zero-order valence-corrected chi connectivity index (χ0v) is 10.1. The van der Waals surface area contributed by atoms with Crippen molar-refractivity contribution in [3.8, 4) is 5.75 Å². The second kappa shape index (κ2) is 4.67. The first-order chi connectivity index (χ1) is 8.34. The normalized spacial score (nSPS) is 28.8. The first-order valence-corrected chi connectivity index (χ1v) is 6.54. The maximum atomic E-state index is 6.36. The Kier molecular flexibility index (Phi) is 3.04. The van der Waals surface area contributed by atoms with E-state index in [1.54, 1.807) is 0 Å². The highest BCUT2D eigenvalue weighted by Gasteiger charge is 2.29. The third kappa shape index (κ3) is 2.17. The van der Waals surface area contributed by atoms with E-state index in [0.717, 1.165) is 18.9 Å². The molecule has 2 N–H and O–H groups in total. The van der Waals surface area contributed by atoms with Crippen LogP contribution in [0.3, 0.4) is 0 Å². The van der Waals surface area contributed by atoms with Crippen LogP contribution in [-0.4, -0.2) is 31.1 Å². The van der Waals surface area contributed by atoms with Gasteiger partial charge in [0.15, 0.2) is 0 Å². The molecule has 1 fully saturated rings. The molecule has 0 saturated carbocycles. The largest absolute Gasteiger partial charge is 0.493 e. The average Bonchev–Trinajstić information content (AvgIpc) is 2.86. The third-order valence-corrected chi connectivity index (χ3v) is 3.93. The summed E-state index contributed by atoms with van der Waals surface area (Å²) in [6.07, 6.45) is 2.67. The van der Waals surface area contributed by atoms with Crippen molar-refractivity contribution in [2.75, 3.05) is 26.2 Å².